The van der Waals surface area contributed by atoms with Crippen LogP contribution in [0, 0.1) is 33.3 Å². The number of carbonyl (C=O) groups is 4. The van der Waals surface area contributed by atoms with Gasteiger partial charge < -0.3 is 39.2 Å². The highest BCUT2D eigenvalue weighted by atomic mass is 35.5. The largest absolute Gasteiger partial charge is 0.455 e. The zero-order valence-electron chi connectivity index (χ0n) is 49.3. The highest BCUT2D eigenvalue weighted by Gasteiger charge is 2.39. The molecule has 6 aromatic rings. The lowest BCUT2D eigenvalue weighted by molar-refractivity contribution is -0.384. The summed E-state index contributed by atoms with van der Waals surface area (Å²) in [6.45, 7) is 13.1. The normalized spacial score (nSPS) is 18.4. The molecule has 11 rings (SSSR count). The third-order valence-electron chi connectivity index (χ3n) is 17.2. The van der Waals surface area contributed by atoms with Gasteiger partial charge in [-0.1, -0.05) is 55.0 Å². The number of H-pyrrole nitrogens is 1. The zero-order chi connectivity index (χ0) is 61.5. The van der Waals surface area contributed by atoms with E-state index >= 15 is 0 Å². The Labute approximate surface area is 516 Å². The molecule has 23 heteroatoms. The number of amides is 4. The maximum absolute atomic E-state index is 14.1. The summed E-state index contributed by atoms with van der Waals surface area (Å²) in [6, 6.07) is 25.0. The van der Waals surface area contributed by atoms with Crippen molar-refractivity contribution < 1.29 is 46.7 Å². The highest BCUT2D eigenvalue weighted by molar-refractivity contribution is 7.90. The number of ether oxygens (including phenoxy) is 3. The zero-order valence-corrected chi connectivity index (χ0v) is 50.9. The highest BCUT2D eigenvalue weighted by Crippen LogP contribution is 2.44. The number of nitro benzene ring substituents is 1. The fraction of sp³-hybridized carbons (Fsp3) is 0.400. The maximum atomic E-state index is 14.1. The van der Waals surface area contributed by atoms with Gasteiger partial charge in [-0.25, -0.2) is 18.1 Å². The Hall–Kier alpha value is -8.17. The number of hydrogen-bond acceptors (Lipinski definition) is 16. The average Bonchev–Trinajstić information content (AvgIpc) is 1.86. The van der Waals surface area contributed by atoms with Crippen LogP contribution in [0.1, 0.15) is 96.2 Å². The molecule has 4 aromatic carbocycles. The third-order valence-corrected chi connectivity index (χ3v) is 18.8. The van der Waals surface area contributed by atoms with Crippen molar-refractivity contribution in [2.75, 3.05) is 95.5 Å². The molecule has 3 saturated heterocycles. The molecule has 0 saturated carbocycles. The van der Waals surface area contributed by atoms with E-state index in [1.54, 1.807) is 36.5 Å². The lowest BCUT2D eigenvalue weighted by Gasteiger charge is -2.39. The minimum absolute atomic E-state index is 0.0583. The van der Waals surface area contributed by atoms with Gasteiger partial charge in [-0.2, -0.15) is 0 Å². The number of imide groups is 1. The molecule has 5 aliphatic rings. The van der Waals surface area contributed by atoms with Gasteiger partial charge in [0.05, 0.1) is 41.4 Å². The molecule has 4 aliphatic heterocycles. The van der Waals surface area contributed by atoms with Crippen LogP contribution in [0.3, 0.4) is 0 Å². The standard InChI is InChI=1S/C65H71ClN10O11S/c1-65(2)21-17-47(55(38-65)45-6-8-49(66)9-7-45)41-73-25-27-74(28-26-73)50-10-13-54(59(36-50)87-51-35-46-18-22-67-61(46)69-40-51)62(78)71-88(83,84)52-11-14-56(58(37-52)76(81)82)68-39-44-19-23-72(24-20-44)29-31-86-33-32-85-30-3-4-43-5-12-53-48(34-43)42-75(64(53)80)57-15-16-60(77)70-63(57)79/h5-14,18,22,34-37,40,44,57,68H,15-17,19-21,23-33,38-39,41-42H2,1-2H3,(H,67,69)(H,71,78)(H,70,77,79). The molecule has 0 bridgehead atoms. The van der Waals surface area contributed by atoms with Crippen LogP contribution in [0.4, 0.5) is 17.1 Å². The van der Waals surface area contributed by atoms with Gasteiger partial charge in [0.2, 0.25) is 11.8 Å². The number of fused-ring (bicyclic) bond motifs is 2. The number of sulfonamides is 1. The van der Waals surface area contributed by atoms with Crippen molar-refractivity contribution in [3.05, 3.63) is 152 Å². The first kappa shape index (κ1) is 61.5. The number of nitrogens with one attached hydrogen (secondary N) is 4. The molecule has 88 heavy (non-hydrogen) atoms. The summed E-state index contributed by atoms with van der Waals surface area (Å²) >= 11 is 6.27. The van der Waals surface area contributed by atoms with E-state index in [2.05, 4.69) is 77.8 Å². The Kier molecular flexibility index (Phi) is 18.9. The minimum Gasteiger partial charge on any atom is -0.455 e. The van der Waals surface area contributed by atoms with E-state index in [1.807, 2.05) is 24.3 Å². The molecule has 0 spiro atoms. The first-order valence-corrected chi connectivity index (χ1v) is 31.7. The van der Waals surface area contributed by atoms with Gasteiger partial charge in [0.15, 0.2) is 0 Å². The van der Waals surface area contributed by atoms with Crippen molar-refractivity contribution >= 4 is 78.9 Å². The monoisotopic (exact) mass is 1230 g/mol. The summed E-state index contributed by atoms with van der Waals surface area (Å²) < 4.78 is 47.9. The quantitative estimate of drug-likeness (QED) is 0.0173. The molecule has 4 amide bonds. The third kappa shape index (κ3) is 14.9. The molecule has 21 nitrogen and oxygen atoms in total. The van der Waals surface area contributed by atoms with Crippen molar-refractivity contribution in [2.45, 2.75) is 76.3 Å². The Morgan fingerprint density at radius 3 is 2.47 bits per heavy atom. The number of allylic oxidation sites excluding steroid dienone is 1. The number of likely N-dealkylation sites (tertiary alicyclic amines) is 1. The van der Waals surface area contributed by atoms with Crippen molar-refractivity contribution in [3.8, 4) is 23.3 Å². The molecular formula is C65H71ClN10O11S. The minimum atomic E-state index is -4.63. The number of halogens is 1. The molecule has 1 atom stereocenters. The van der Waals surface area contributed by atoms with Crippen LogP contribution in [0.25, 0.3) is 16.6 Å². The second-order valence-corrected chi connectivity index (χ2v) is 26.0. The van der Waals surface area contributed by atoms with Gasteiger partial charge in [0.25, 0.3) is 27.5 Å². The predicted octanol–water partition coefficient (Wildman–Crippen LogP) is 8.79. The maximum Gasteiger partial charge on any atom is 0.293 e. The second-order valence-electron chi connectivity index (χ2n) is 23.8. The number of benzene rings is 4. The van der Waals surface area contributed by atoms with E-state index in [0.717, 1.165) is 105 Å². The number of hydrogen-bond donors (Lipinski definition) is 4. The SMILES string of the molecule is CC1(C)CCC(CN2CCN(c3ccc(C(=O)NS(=O)(=O)c4ccc(NCC5CCN(CCOCCOCC#Cc6ccc7c(c6)CN(C6CCC(=O)NC6=O)C7=O)CC5)c([N+](=O)[O-])c4)c(Oc4cnc5[nH]ccc5c4)c3)CC2)=C(c2ccc(Cl)cc2)C1. The fourth-order valence-corrected chi connectivity index (χ4v) is 13.3. The van der Waals surface area contributed by atoms with E-state index in [1.165, 1.54) is 46.0 Å². The average molecular weight is 1240 g/mol. The van der Waals surface area contributed by atoms with Crippen LogP contribution >= 0.6 is 11.6 Å². The summed E-state index contributed by atoms with van der Waals surface area (Å²) in [5.74, 6) is 4.73. The van der Waals surface area contributed by atoms with E-state index in [0.29, 0.717) is 62.8 Å². The summed E-state index contributed by atoms with van der Waals surface area (Å²) in [7, 11) is -4.63. The molecule has 0 radical (unpaired) electrons. The van der Waals surface area contributed by atoms with Gasteiger partial charge in [-0.3, -0.25) is 39.5 Å². The summed E-state index contributed by atoms with van der Waals surface area (Å²) in [6.07, 6.45) is 8.60. The number of aromatic amines is 1. The van der Waals surface area contributed by atoms with Gasteiger partial charge in [0.1, 0.15) is 35.5 Å². The van der Waals surface area contributed by atoms with Crippen molar-refractivity contribution in [3.63, 3.8) is 0 Å². The number of rotatable bonds is 21. The lowest BCUT2D eigenvalue weighted by atomic mass is 9.72. The van der Waals surface area contributed by atoms with E-state index < -0.39 is 43.4 Å². The number of aromatic nitrogens is 2. The van der Waals surface area contributed by atoms with Gasteiger partial charge in [-0.05, 0) is 146 Å². The Balaban J connectivity index is 0.640. The van der Waals surface area contributed by atoms with Crippen LogP contribution in [0.15, 0.2) is 114 Å². The van der Waals surface area contributed by atoms with Crippen LogP contribution in [0.2, 0.25) is 5.02 Å². The number of piperidine rings is 2. The topological polar surface area (TPSA) is 251 Å². The molecular weight excluding hydrogens is 1160 g/mol. The van der Waals surface area contributed by atoms with Gasteiger partial charge >= 0.3 is 0 Å². The van der Waals surface area contributed by atoms with Crippen LogP contribution < -0.4 is 25.0 Å². The lowest BCUT2D eigenvalue weighted by Crippen LogP contribution is -2.52. The molecule has 6 heterocycles. The Morgan fingerprint density at radius 2 is 1.68 bits per heavy atom. The Morgan fingerprint density at radius 1 is 0.886 bits per heavy atom. The van der Waals surface area contributed by atoms with E-state index in [9.17, 15) is 37.7 Å². The first-order valence-electron chi connectivity index (χ1n) is 29.8. The summed E-state index contributed by atoms with van der Waals surface area (Å²) in [5.41, 5.74) is 7.42. The van der Waals surface area contributed by atoms with Crippen molar-refractivity contribution in [2.24, 2.45) is 11.3 Å². The van der Waals surface area contributed by atoms with Crippen molar-refractivity contribution in [1.82, 2.24) is 34.7 Å². The number of piperazine rings is 1. The Bertz CT molecular complexity index is 3850. The number of carbonyl (C=O) groups excluding carboxylic acids is 4. The second kappa shape index (κ2) is 27.1. The molecule has 2 aromatic heterocycles. The van der Waals surface area contributed by atoms with Crippen molar-refractivity contribution in [1.29, 1.82) is 0 Å². The van der Waals surface area contributed by atoms with E-state index in [4.69, 9.17) is 25.8 Å². The van der Waals surface area contributed by atoms with Crippen LogP contribution in [-0.2, 0) is 35.6 Å². The molecule has 4 N–H and O–H groups in total. The summed E-state index contributed by atoms with van der Waals surface area (Å²) in [4.78, 5) is 78.5. The van der Waals surface area contributed by atoms with E-state index in [-0.39, 0.29) is 59.7 Å². The number of nitro groups is 1. The van der Waals surface area contributed by atoms with Gasteiger partial charge in [0, 0.05) is 104 Å². The molecule has 1 aliphatic carbocycles. The number of pyridine rings is 1. The molecule has 1 unspecified atom stereocenters. The number of anilines is 2. The molecule has 460 valence electrons. The first-order chi connectivity index (χ1) is 42.4. The predicted molar refractivity (Wildman–Crippen MR) is 334 cm³/mol. The number of nitrogens with zero attached hydrogens (tertiary/aromatic N) is 6. The van der Waals surface area contributed by atoms with Gasteiger partial charge in [-0.15, -0.1) is 0 Å². The fourth-order valence-electron chi connectivity index (χ4n) is 12.2. The molecule has 3 fully saturated rings. The van der Waals surface area contributed by atoms with Crippen LogP contribution in [0.5, 0.6) is 11.5 Å². The van der Waals surface area contributed by atoms with Crippen LogP contribution in [-0.4, -0.2) is 153 Å². The summed E-state index contributed by atoms with van der Waals surface area (Å²) in [5, 5.41) is 19.4. The smallest absolute Gasteiger partial charge is 0.293 e.